The summed E-state index contributed by atoms with van der Waals surface area (Å²) in [6.07, 6.45) is -4.54. The molecule has 0 aromatic carbocycles. The van der Waals surface area contributed by atoms with Gasteiger partial charge in [-0.1, -0.05) is 0 Å². The molecular formula is C6H11O5. The van der Waals surface area contributed by atoms with Crippen LogP contribution in [0.5, 0.6) is 0 Å². The van der Waals surface area contributed by atoms with Crippen LogP contribution in [-0.2, 0) is 4.74 Å². The SMILES string of the molecule is OC[C@@H]1O[CH][C@H](O)[C@@H](O)[C@H]1O. The minimum atomic E-state index is -1.28. The van der Waals surface area contributed by atoms with Gasteiger partial charge in [-0.2, -0.15) is 0 Å². The molecule has 0 aliphatic carbocycles. The van der Waals surface area contributed by atoms with Crippen molar-refractivity contribution in [1.29, 1.82) is 0 Å². The molecule has 0 unspecified atom stereocenters. The van der Waals surface area contributed by atoms with E-state index in [0.29, 0.717) is 0 Å². The van der Waals surface area contributed by atoms with Crippen LogP contribution in [0.3, 0.4) is 0 Å². The molecule has 5 nitrogen and oxygen atoms in total. The molecule has 0 saturated carbocycles. The van der Waals surface area contributed by atoms with Crippen molar-refractivity contribution in [3.05, 3.63) is 6.61 Å². The molecular weight excluding hydrogens is 152 g/mol. The third-order valence-corrected chi connectivity index (χ3v) is 1.65. The van der Waals surface area contributed by atoms with E-state index in [9.17, 15) is 0 Å². The number of hydrogen-bond acceptors (Lipinski definition) is 5. The van der Waals surface area contributed by atoms with Crippen LogP contribution >= 0.6 is 0 Å². The molecule has 4 atom stereocenters. The first-order valence-corrected chi connectivity index (χ1v) is 3.30. The zero-order chi connectivity index (χ0) is 8.43. The quantitative estimate of drug-likeness (QED) is 0.346. The molecule has 0 bridgehead atoms. The van der Waals surface area contributed by atoms with Gasteiger partial charge in [0.1, 0.15) is 31.0 Å². The molecule has 1 aliphatic rings. The Morgan fingerprint density at radius 1 is 1.18 bits per heavy atom. The zero-order valence-electron chi connectivity index (χ0n) is 5.79. The predicted octanol–water partition coefficient (Wildman–Crippen LogP) is -2.38. The molecule has 0 amide bonds. The number of aliphatic hydroxyl groups excluding tert-OH is 4. The minimum Gasteiger partial charge on any atom is -0.394 e. The van der Waals surface area contributed by atoms with Gasteiger partial charge in [-0.05, 0) is 0 Å². The van der Waals surface area contributed by atoms with Gasteiger partial charge in [-0.25, -0.2) is 0 Å². The van der Waals surface area contributed by atoms with Crippen molar-refractivity contribution >= 4 is 0 Å². The fourth-order valence-corrected chi connectivity index (χ4v) is 0.915. The topological polar surface area (TPSA) is 90.2 Å². The maximum Gasteiger partial charge on any atom is 0.115 e. The van der Waals surface area contributed by atoms with Crippen LogP contribution in [0.2, 0.25) is 0 Å². The van der Waals surface area contributed by atoms with Crippen molar-refractivity contribution in [1.82, 2.24) is 0 Å². The Balaban J connectivity index is 2.52. The van der Waals surface area contributed by atoms with Gasteiger partial charge in [0, 0.05) is 0 Å². The van der Waals surface area contributed by atoms with Gasteiger partial charge < -0.3 is 25.2 Å². The minimum absolute atomic E-state index is 0.387. The normalized spacial score (nSPS) is 45.8. The molecule has 5 heteroatoms. The summed E-state index contributed by atoms with van der Waals surface area (Å²) in [5, 5.41) is 35.6. The lowest BCUT2D eigenvalue weighted by Crippen LogP contribution is -2.52. The number of rotatable bonds is 1. The van der Waals surface area contributed by atoms with Crippen molar-refractivity contribution < 1.29 is 25.2 Å². The molecule has 1 rings (SSSR count). The molecule has 0 spiro atoms. The van der Waals surface area contributed by atoms with Crippen molar-refractivity contribution in [3.63, 3.8) is 0 Å². The van der Waals surface area contributed by atoms with E-state index in [1.54, 1.807) is 0 Å². The third kappa shape index (κ3) is 1.69. The molecule has 1 fully saturated rings. The highest BCUT2D eigenvalue weighted by molar-refractivity contribution is 4.91. The third-order valence-electron chi connectivity index (χ3n) is 1.65. The van der Waals surface area contributed by atoms with Crippen molar-refractivity contribution in [3.8, 4) is 0 Å². The number of aliphatic hydroxyl groups is 4. The molecule has 1 radical (unpaired) electrons. The van der Waals surface area contributed by atoms with E-state index in [1.165, 1.54) is 0 Å². The summed E-state index contributed by atoms with van der Waals surface area (Å²) in [5.74, 6) is 0. The molecule has 1 saturated heterocycles. The second-order valence-electron chi connectivity index (χ2n) is 2.46. The molecule has 0 aromatic heterocycles. The highest BCUT2D eigenvalue weighted by atomic mass is 16.5. The second kappa shape index (κ2) is 3.46. The van der Waals surface area contributed by atoms with Gasteiger partial charge in [0.25, 0.3) is 0 Å². The van der Waals surface area contributed by atoms with Crippen LogP contribution in [0.15, 0.2) is 0 Å². The Bertz CT molecular complexity index is 126. The van der Waals surface area contributed by atoms with Gasteiger partial charge >= 0.3 is 0 Å². The van der Waals surface area contributed by atoms with E-state index in [-0.39, 0.29) is 6.61 Å². The fraction of sp³-hybridized carbons (Fsp3) is 0.833. The summed E-state index contributed by atoms with van der Waals surface area (Å²) >= 11 is 0. The number of hydrogen-bond donors (Lipinski definition) is 4. The Morgan fingerprint density at radius 3 is 2.36 bits per heavy atom. The lowest BCUT2D eigenvalue weighted by molar-refractivity contribution is -0.169. The lowest BCUT2D eigenvalue weighted by Gasteiger charge is -2.33. The first-order valence-electron chi connectivity index (χ1n) is 3.30. The monoisotopic (exact) mass is 163 g/mol. The Labute approximate surface area is 63.8 Å². The molecule has 4 N–H and O–H groups in total. The molecule has 65 valence electrons. The smallest absolute Gasteiger partial charge is 0.115 e. The van der Waals surface area contributed by atoms with Gasteiger partial charge in [0.15, 0.2) is 0 Å². The van der Waals surface area contributed by atoms with Gasteiger partial charge in [-0.15, -0.1) is 0 Å². The lowest BCUT2D eigenvalue weighted by atomic mass is 10.0. The van der Waals surface area contributed by atoms with Crippen molar-refractivity contribution in [2.45, 2.75) is 24.4 Å². The van der Waals surface area contributed by atoms with E-state index in [2.05, 4.69) is 4.74 Å². The van der Waals surface area contributed by atoms with E-state index in [4.69, 9.17) is 20.4 Å². The molecule has 0 aromatic rings. The first kappa shape index (κ1) is 8.89. The van der Waals surface area contributed by atoms with Gasteiger partial charge in [0.05, 0.1) is 6.61 Å². The molecule has 1 heterocycles. The predicted molar refractivity (Wildman–Crippen MR) is 34.3 cm³/mol. The highest BCUT2D eigenvalue weighted by Crippen LogP contribution is 2.17. The molecule has 11 heavy (non-hydrogen) atoms. The summed E-state index contributed by atoms with van der Waals surface area (Å²) in [4.78, 5) is 0. The summed E-state index contributed by atoms with van der Waals surface area (Å²) in [7, 11) is 0. The van der Waals surface area contributed by atoms with Crippen LogP contribution in [0.1, 0.15) is 0 Å². The second-order valence-corrected chi connectivity index (χ2v) is 2.46. The van der Waals surface area contributed by atoms with E-state index >= 15 is 0 Å². The largest absolute Gasteiger partial charge is 0.394 e. The van der Waals surface area contributed by atoms with E-state index < -0.39 is 24.4 Å². The summed E-state index contributed by atoms with van der Waals surface area (Å²) in [5.41, 5.74) is 0. The van der Waals surface area contributed by atoms with Crippen LogP contribution in [0, 0.1) is 6.61 Å². The van der Waals surface area contributed by atoms with Crippen molar-refractivity contribution in [2.75, 3.05) is 6.61 Å². The summed E-state index contributed by atoms with van der Waals surface area (Å²) < 4.78 is 4.69. The fourth-order valence-electron chi connectivity index (χ4n) is 0.915. The summed E-state index contributed by atoms with van der Waals surface area (Å²) in [6.45, 7) is 0.611. The van der Waals surface area contributed by atoms with Crippen LogP contribution in [-0.4, -0.2) is 51.4 Å². The number of ether oxygens (including phenoxy) is 1. The Kier molecular flexibility index (Phi) is 2.80. The standard InChI is InChI=1S/C6H11O5/c7-1-4-6(10)5(9)3(8)2-11-4/h2-10H,1H2/t3-,4-,5+,6-/m0/s1. The van der Waals surface area contributed by atoms with Gasteiger partial charge in [-0.3, -0.25) is 0 Å². The Hall–Kier alpha value is -0.200. The summed E-state index contributed by atoms with van der Waals surface area (Å²) in [6, 6.07) is 0. The highest BCUT2D eigenvalue weighted by Gasteiger charge is 2.37. The average molecular weight is 163 g/mol. The zero-order valence-corrected chi connectivity index (χ0v) is 5.79. The maximum absolute atomic E-state index is 9.09. The first-order chi connectivity index (χ1) is 5.16. The maximum atomic E-state index is 9.09. The van der Waals surface area contributed by atoms with Crippen LogP contribution < -0.4 is 0 Å². The van der Waals surface area contributed by atoms with Gasteiger partial charge in [0.2, 0.25) is 0 Å². The van der Waals surface area contributed by atoms with Crippen LogP contribution in [0.25, 0.3) is 0 Å². The van der Waals surface area contributed by atoms with E-state index in [1.807, 2.05) is 0 Å². The molecule has 1 aliphatic heterocycles. The Morgan fingerprint density at radius 2 is 1.82 bits per heavy atom. The average Bonchev–Trinajstić information content (AvgIpc) is 2.01. The van der Waals surface area contributed by atoms with Crippen LogP contribution in [0.4, 0.5) is 0 Å². The van der Waals surface area contributed by atoms with Crippen molar-refractivity contribution in [2.24, 2.45) is 0 Å². The van der Waals surface area contributed by atoms with E-state index in [0.717, 1.165) is 6.61 Å².